The molecule has 0 aliphatic carbocycles. The Morgan fingerprint density at radius 1 is 1.10 bits per heavy atom. The van der Waals surface area contributed by atoms with Crippen LogP contribution in [0, 0.1) is 0 Å². The highest BCUT2D eigenvalue weighted by atomic mass is 32.2. The molecule has 0 radical (unpaired) electrons. The summed E-state index contributed by atoms with van der Waals surface area (Å²) in [6.45, 7) is 4.18. The fourth-order valence-corrected chi connectivity index (χ4v) is 3.31. The van der Waals surface area contributed by atoms with Crippen LogP contribution in [0.3, 0.4) is 0 Å². The first-order valence-corrected chi connectivity index (χ1v) is 10.7. The molecule has 0 bridgehead atoms. The van der Waals surface area contributed by atoms with Crippen molar-refractivity contribution in [3.05, 3.63) is 24.3 Å². The van der Waals surface area contributed by atoms with Gasteiger partial charge in [-0.15, -0.1) is 0 Å². The number of urea groups is 1. The average molecular weight is 442 g/mol. The van der Waals surface area contributed by atoms with Gasteiger partial charge in [0.1, 0.15) is 6.04 Å². The van der Waals surface area contributed by atoms with Crippen LogP contribution in [0.2, 0.25) is 0 Å². The summed E-state index contributed by atoms with van der Waals surface area (Å²) < 4.78 is 31.6. The first-order valence-electron chi connectivity index (χ1n) is 9.19. The van der Waals surface area contributed by atoms with Gasteiger partial charge in [-0.1, -0.05) is 13.3 Å². The van der Waals surface area contributed by atoms with Gasteiger partial charge in [0.15, 0.2) is 6.61 Å². The summed E-state index contributed by atoms with van der Waals surface area (Å²) in [5.74, 6) is -2.14. The topological polar surface area (TPSA) is 160 Å². The Bertz CT molecular complexity index is 869. The van der Waals surface area contributed by atoms with E-state index in [-0.39, 0.29) is 10.8 Å². The van der Waals surface area contributed by atoms with Gasteiger partial charge in [0.2, 0.25) is 15.9 Å². The van der Waals surface area contributed by atoms with Crippen LogP contribution in [0.5, 0.6) is 0 Å². The van der Waals surface area contributed by atoms with Gasteiger partial charge in [0.25, 0.3) is 5.91 Å². The molecule has 0 aliphatic rings. The van der Waals surface area contributed by atoms with Gasteiger partial charge in [-0.05, 0) is 37.6 Å². The van der Waals surface area contributed by atoms with E-state index in [9.17, 15) is 27.6 Å². The number of nitrogens with one attached hydrogen (secondary N) is 4. The number of anilines is 1. The number of unbranched alkanes of at least 4 members (excludes halogenated alkanes) is 1. The number of imide groups is 1. The number of hydrogen-bond acceptors (Lipinski definition) is 7. The highest BCUT2D eigenvalue weighted by Crippen LogP contribution is 2.14. The molecular weight excluding hydrogens is 416 g/mol. The van der Waals surface area contributed by atoms with Crippen LogP contribution in [0.15, 0.2) is 29.2 Å². The number of carbonyl (C=O) groups is 4. The molecule has 0 aliphatic heterocycles. The summed E-state index contributed by atoms with van der Waals surface area (Å²) in [5, 5.41) is 6.96. The zero-order valence-corrected chi connectivity index (χ0v) is 17.8. The number of esters is 1. The highest BCUT2D eigenvalue weighted by Gasteiger charge is 2.24. The van der Waals surface area contributed by atoms with Gasteiger partial charge < -0.3 is 15.4 Å². The number of ether oxygens (including phenoxy) is 1. The lowest BCUT2D eigenvalue weighted by Gasteiger charge is -2.14. The molecule has 166 valence electrons. The third kappa shape index (κ3) is 9.01. The van der Waals surface area contributed by atoms with Gasteiger partial charge in [-0.3, -0.25) is 19.7 Å². The molecule has 4 amide bonds. The maximum Gasteiger partial charge on any atom is 0.324 e. The van der Waals surface area contributed by atoms with E-state index in [4.69, 9.17) is 4.74 Å². The van der Waals surface area contributed by atoms with Crippen molar-refractivity contribution in [1.29, 1.82) is 0 Å². The quantitative estimate of drug-likeness (QED) is 0.303. The molecule has 0 unspecified atom stereocenters. The smallest absolute Gasteiger partial charge is 0.324 e. The maximum atomic E-state index is 12.4. The number of rotatable bonds is 10. The second-order valence-corrected chi connectivity index (χ2v) is 8.03. The second kappa shape index (κ2) is 11.9. The Balaban J connectivity index is 2.53. The molecule has 0 fully saturated rings. The van der Waals surface area contributed by atoms with Crippen molar-refractivity contribution >= 4 is 39.5 Å². The van der Waals surface area contributed by atoms with Crippen LogP contribution in [0.1, 0.15) is 33.6 Å². The van der Waals surface area contributed by atoms with Crippen molar-refractivity contribution in [3.63, 3.8) is 0 Å². The molecule has 1 atom stereocenters. The van der Waals surface area contributed by atoms with Crippen LogP contribution < -0.4 is 20.7 Å². The zero-order valence-electron chi connectivity index (χ0n) is 17.0. The highest BCUT2D eigenvalue weighted by molar-refractivity contribution is 7.89. The van der Waals surface area contributed by atoms with E-state index in [1.807, 2.05) is 12.2 Å². The lowest BCUT2D eigenvalue weighted by molar-refractivity contribution is -0.149. The normalized spacial score (nSPS) is 11.8. The van der Waals surface area contributed by atoms with Gasteiger partial charge in [-0.25, -0.2) is 13.2 Å². The fourth-order valence-electron chi connectivity index (χ4n) is 2.12. The molecule has 0 saturated heterocycles. The van der Waals surface area contributed by atoms with Crippen LogP contribution in [0.25, 0.3) is 0 Å². The molecule has 0 heterocycles. The first kappa shape index (κ1) is 25.0. The van der Waals surface area contributed by atoms with Crippen molar-refractivity contribution in [3.8, 4) is 0 Å². The number of hydrogen-bond donors (Lipinski definition) is 4. The molecule has 0 aromatic heterocycles. The maximum absolute atomic E-state index is 12.4. The first-order chi connectivity index (χ1) is 14.0. The van der Waals surface area contributed by atoms with E-state index in [1.165, 1.54) is 38.1 Å². The van der Waals surface area contributed by atoms with Crippen molar-refractivity contribution < 1.29 is 32.3 Å². The number of amides is 4. The number of benzene rings is 1. The SMILES string of the molecule is CCCCNC(=O)NC(=O)COC(=O)[C@H](C)NS(=O)(=O)c1ccc(NC(C)=O)cc1. The van der Waals surface area contributed by atoms with E-state index < -0.39 is 40.6 Å². The Morgan fingerprint density at radius 3 is 2.30 bits per heavy atom. The minimum absolute atomic E-state index is 0.127. The average Bonchev–Trinajstić information content (AvgIpc) is 2.65. The monoisotopic (exact) mass is 442 g/mol. The third-order valence-electron chi connectivity index (χ3n) is 3.58. The van der Waals surface area contributed by atoms with Gasteiger partial charge in [-0.2, -0.15) is 4.72 Å². The fraction of sp³-hybridized carbons (Fsp3) is 0.444. The van der Waals surface area contributed by atoms with Crippen LogP contribution in [-0.2, 0) is 29.1 Å². The molecule has 0 spiro atoms. The lowest BCUT2D eigenvalue weighted by Crippen LogP contribution is -2.43. The van der Waals surface area contributed by atoms with Crippen LogP contribution >= 0.6 is 0 Å². The van der Waals surface area contributed by atoms with Gasteiger partial charge >= 0.3 is 12.0 Å². The van der Waals surface area contributed by atoms with Crippen molar-refractivity contribution in [2.45, 2.75) is 44.6 Å². The minimum atomic E-state index is -4.05. The third-order valence-corrected chi connectivity index (χ3v) is 5.14. The standard InChI is InChI=1S/C18H26N4O7S/c1-4-5-10-19-18(26)21-16(24)11-29-17(25)12(2)22-30(27,28)15-8-6-14(7-9-15)20-13(3)23/h6-9,12,22H,4-5,10-11H2,1-3H3,(H,20,23)(H2,19,21,24,26)/t12-/m0/s1. The molecule has 1 rings (SSSR count). The van der Waals surface area contributed by atoms with Crippen molar-refractivity contribution in [1.82, 2.24) is 15.4 Å². The summed E-state index contributed by atoms with van der Waals surface area (Å²) in [5.41, 5.74) is 0.415. The van der Waals surface area contributed by atoms with E-state index in [2.05, 4.69) is 15.4 Å². The van der Waals surface area contributed by atoms with Gasteiger partial charge in [0.05, 0.1) is 4.90 Å². The molecular formula is C18H26N4O7S. The Morgan fingerprint density at radius 2 is 1.73 bits per heavy atom. The molecule has 11 nitrogen and oxygen atoms in total. The van der Waals surface area contributed by atoms with Crippen molar-refractivity contribution in [2.24, 2.45) is 0 Å². The summed E-state index contributed by atoms with van der Waals surface area (Å²) in [7, 11) is -4.05. The lowest BCUT2D eigenvalue weighted by atomic mass is 10.3. The van der Waals surface area contributed by atoms with Crippen LogP contribution in [-0.4, -0.2) is 51.4 Å². The summed E-state index contributed by atoms with van der Waals surface area (Å²) in [6.07, 6.45) is 1.63. The minimum Gasteiger partial charge on any atom is -0.454 e. The summed E-state index contributed by atoms with van der Waals surface area (Å²) >= 11 is 0. The Kier molecular flexibility index (Phi) is 9.92. The second-order valence-electron chi connectivity index (χ2n) is 6.31. The summed E-state index contributed by atoms with van der Waals surface area (Å²) in [6, 6.07) is 3.33. The predicted molar refractivity (Wildman–Crippen MR) is 108 cm³/mol. The molecule has 4 N–H and O–H groups in total. The van der Waals surface area contributed by atoms with E-state index >= 15 is 0 Å². The predicted octanol–water partition coefficient (Wildman–Crippen LogP) is 0.481. The molecule has 12 heteroatoms. The number of carbonyl (C=O) groups excluding carboxylic acids is 4. The molecule has 1 aromatic rings. The van der Waals surface area contributed by atoms with Crippen LogP contribution in [0.4, 0.5) is 10.5 Å². The van der Waals surface area contributed by atoms with E-state index in [0.29, 0.717) is 12.2 Å². The molecule has 1 aromatic carbocycles. The Labute approximate surface area is 175 Å². The number of sulfonamides is 1. The summed E-state index contributed by atoms with van der Waals surface area (Å²) in [4.78, 5) is 45.9. The Hall–Kier alpha value is -2.99. The zero-order chi connectivity index (χ0) is 22.7. The molecule has 0 saturated carbocycles. The van der Waals surface area contributed by atoms with Gasteiger partial charge in [0, 0.05) is 19.2 Å². The van der Waals surface area contributed by atoms with E-state index in [1.54, 1.807) is 0 Å². The molecule has 30 heavy (non-hydrogen) atoms. The largest absolute Gasteiger partial charge is 0.454 e. The van der Waals surface area contributed by atoms with Crippen molar-refractivity contribution in [2.75, 3.05) is 18.5 Å². The van der Waals surface area contributed by atoms with E-state index in [0.717, 1.165) is 12.8 Å².